The number of hydrogen-bond acceptors (Lipinski definition) is 2. The average molecular weight is 226 g/mol. The van der Waals surface area contributed by atoms with E-state index in [9.17, 15) is 0 Å². The van der Waals surface area contributed by atoms with Gasteiger partial charge in [0.05, 0.1) is 34.7 Å². The molecule has 0 unspecified atom stereocenters. The molecule has 2 rings (SSSR count). The van der Waals surface area contributed by atoms with Crippen LogP contribution in [0.2, 0.25) is 0 Å². The van der Waals surface area contributed by atoms with Crippen molar-refractivity contribution in [1.82, 2.24) is 4.90 Å². The molecule has 0 saturated carbocycles. The summed E-state index contributed by atoms with van der Waals surface area (Å²) in [5.41, 5.74) is 0. The Balaban J connectivity index is 0.000000160. The van der Waals surface area contributed by atoms with Crippen molar-refractivity contribution in [3.05, 3.63) is 0 Å². The van der Waals surface area contributed by atoms with Crippen LogP contribution in [-0.2, 0) is 0 Å². The van der Waals surface area contributed by atoms with Crippen LogP contribution in [0.4, 0.5) is 0 Å². The molecular weight excluding hydrogens is 200 g/mol. The fourth-order valence-corrected chi connectivity index (χ4v) is 1.73. The second kappa shape index (κ2) is 4.95. The van der Waals surface area contributed by atoms with Gasteiger partial charge in [-0.25, -0.2) is 4.99 Å². The van der Waals surface area contributed by atoms with Crippen LogP contribution in [0.3, 0.4) is 0 Å². The topological polar surface area (TPSA) is 18.6 Å². The molecule has 0 aromatic heterocycles. The molecule has 92 valence electrons. The molecule has 0 bridgehead atoms. The fraction of sp³-hybridized carbons (Fsp3) is 0.833. The van der Waals surface area contributed by atoms with E-state index in [1.165, 1.54) is 31.3 Å². The third kappa shape index (κ3) is 3.04. The molecule has 0 N–H and O–H groups in total. The zero-order valence-electron chi connectivity index (χ0n) is 11.6. The molecule has 0 spiro atoms. The van der Waals surface area contributed by atoms with E-state index in [2.05, 4.69) is 56.5 Å². The summed E-state index contributed by atoms with van der Waals surface area (Å²) in [4.78, 5) is 6.54. The van der Waals surface area contributed by atoms with Gasteiger partial charge in [-0.3, -0.25) is 14.0 Å². The van der Waals surface area contributed by atoms with Crippen molar-refractivity contribution >= 4 is 11.7 Å². The summed E-state index contributed by atoms with van der Waals surface area (Å²) in [5, 5.41) is 0. The molecule has 0 aromatic carbocycles. The van der Waals surface area contributed by atoms with Gasteiger partial charge in [0.1, 0.15) is 19.6 Å². The molecular formula is C12H26N4+2. The highest BCUT2D eigenvalue weighted by Crippen LogP contribution is 2.05. The third-order valence-corrected chi connectivity index (χ3v) is 3.75. The Labute approximate surface area is 99.5 Å². The van der Waals surface area contributed by atoms with Gasteiger partial charge in [-0.2, -0.15) is 0 Å². The summed E-state index contributed by atoms with van der Waals surface area (Å²) in [6.45, 7) is 8.79. The van der Waals surface area contributed by atoms with Crippen LogP contribution in [0, 0.1) is 0 Å². The summed E-state index contributed by atoms with van der Waals surface area (Å²) in [7, 11) is 8.62. The molecule has 4 nitrogen and oxygen atoms in total. The number of likely N-dealkylation sites (N-methyl/N-ethyl adjacent to an activating group) is 3. The van der Waals surface area contributed by atoms with Crippen molar-refractivity contribution in [2.24, 2.45) is 4.99 Å². The standard InChI is InChI=1S/2C6H13N2/c1-6-7-4-5-8(6,2)3;1-6-7(2)4-5-8(6)3/h2*4-5H2,1-3H3/q2*+1. The number of hydrogen-bond donors (Lipinski definition) is 0. The summed E-state index contributed by atoms with van der Waals surface area (Å²) in [6, 6.07) is 0. The van der Waals surface area contributed by atoms with E-state index in [0.717, 1.165) is 11.0 Å². The molecule has 2 heterocycles. The Kier molecular flexibility index (Phi) is 4.08. The van der Waals surface area contributed by atoms with E-state index < -0.39 is 0 Å². The first-order valence-electron chi connectivity index (χ1n) is 5.95. The largest absolute Gasteiger partial charge is 0.282 e. The predicted octanol–water partition coefficient (Wildman–Crippen LogP) is 0.487. The lowest BCUT2D eigenvalue weighted by Gasteiger charge is -2.21. The molecule has 0 atom stereocenters. The lowest BCUT2D eigenvalue weighted by atomic mass is 10.5. The highest BCUT2D eigenvalue weighted by atomic mass is 15.4. The molecule has 0 radical (unpaired) electrons. The van der Waals surface area contributed by atoms with E-state index in [0.29, 0.717) is 0 Å². The van der Waals surface area contributed by atoms with E-state index in [1.807, 2.05) is 0 Å². The van der Waals surface area contributed by atoms with E-state index in [-0.39, 0.29) is 0 Å². The first kappa shape index (κ1) is 13.2. The van der Waals surface area contributed by atoms with Crippen molar-refractivity contribution in [3.8, 4) is 0 Å². The van der Waals surface area contributed by atoms with Crippen molar-refractivity contribution in [3.63, 3.8) is 0 Å². The number of quaternary nitrogens is 1. The average Bonchev–Trinajstić information content (AvgIpc) is 2.66. The Hall–Kier alpha value is -0.900. The zero-order chi connectivity index (χ0) is 12.3. The van der Waals surface area contributed by atoms with Gasteiger partial charge in [0.2, 0.25) is 5.84 Å². The van der Waals surface area contributed by atoms with Crippen LogP contribution in [0.25, 0.3) is 0 Å². The molecule has 4 heteroatoms. The molecule has 0 aromatic rings. The minimum absolute atomic E-state index is 0.986. The highest BCUT2D eigenvalue weighted by molar-refractivity contribution is 5.75. The minimum atomic E-state index is 0.986. The van der Waals surface area contributed by atoms with Crippen LogP contribution < -0.4 is 0 Å². The van der Waals surface area contributed by atoms with Gasteiger partial charge < -0.3 is 0 Å². The number of aliphatic imine (C=N–C) groups is 1. The van der Waals surface area contributed by atoms with Crippen molar-refractivity contribution in [2.75, 3.05) is 54.4 Å². The van der Waals surface area contributed by atoms with Crippen molar-refractivity contribution in [1.29, 1.82) is 0 Å². The van der Waals surface area contributed by atoms with E-state index in [4.69, 9.17) is 0 Å². The first-order chi connectivity index (χ1) is 7.34. The number of nitrogens with zero attached hydrogens (tertiary/aromatic N) is 4. The van der Waals surface area contributed by atoms with Crippen LogP contribution in [0.1, 0.15) is 13.8 Å². The predicted molar refractivity (Wildman–Crippen MR) is 69.3 cm³/mol. The summed E-state index contributed by atoms with van der Waals surface area (Å²) >= 11 is 0. The summed E-state index contributed by atoms with van der Waals surface area (Å²) in [6.07, 6.45) is 0. The van der Waals surface area contributed by atoms with Crippen molar-refractivity contribution in [2.45, 2.75) is 13.8 Å². The Bertz CT molecular complexity index is 315. The molecule has 0 aliphatic carbocycles. The normalized spacial score (nSPS) is 23.1. The molecule has 0 amide bonds. The highest BCUT2D eigenvalue weighted by Gasteiger charge is 2.23. The Morgan fingerprint density at radius 1 is 1.31 bits per heavy atom. The minimum Gasteiger partial charge on any atom is -0.282 e. The fourth-order valence-electron chi connectivity index (χ4n) is 1.73. The maximum atomic E-state index is 4.28. The van der Waals surface area contributed by atoms with Gasteiger partial charge in [0.25, 0.3) is 0 Å². The van der Waals surface area contributed by atoms with Crippen LogP contribution in [-0.4, -0.2) is 80.0 Å². The van der Waals surface area contributed by atoms with Crippen LogP contribution >= 0.6 is 0 Å². The Morgan fingerprint density at radius 3 is 2.06 bits per heavy atom. The molecule has 2 aliphatic rings. The van der Waals surface area contributed by atoms with Gasteiger partial charge in [-0.1, -0.05) is 0 Å². The van der Waals surface area contributed by atoms with Gasteiger partial charge in [0.15, 0.2) is 5.84 Å². The van der Waals surface area contributed by atoms with Gasteiger partial charge in [-0.05, 0) is 0 Å². The lowest BCUT2D eigenvalue weighted by molar-refractivity contribution is -0.792. The number of amidine groups is 2. The second-order valence-electron chi connectivity index (χ2n) is 5.23. The summed E-state index contributed by atoms with van der Waals surface area (Å²) in [5.74, 6) is 2.63. The molecule has 0 saturated heterocycles. The van der Waals surface area contributed by atoms with Crippen molar-refractivity contribution < 1.29 is 9.06 Å². The second-order valence-corrected chi connectivity index (χ2v) is 5.23. The third-order valence-electron chi connectivity index (χ3n) is 3.75. The SMILES string of the molecule is CC1=NCC[N+]1(C)C.CC1=[N+](C)CCN1C. The molecule has 2 aliphatic heterocycles. The van der Waals surface area contributed by atoms with E-state index in [1.54, 1.807) is 0 Å². The van der Waals surface area contributed by atoms with Gasteiger partial charge >= 0.3 is 0 Å². The maximum absolute atomic E-state index is 4.28. The molecule has 0 fully saturated rings. The summed E-state index contributed by atoms with van der Waals surface area (Å²) < 4.78 is 3.25. The van der Waals surface area contributed by atoms with E-state index >= 15 is 0 Å². The quantitative estimate of drug-likeness (QED) is 0.434. The monoisotopic (exact) mass is 226 g/mol. The molecule has 16 heavy (non-hydrogen) atoms. The van der Waals surface area contributed by atoms with Crippen LogP contribution in [0.15, 0.2) is 4.99 Å². The lowest BCUT2D eigenvalue weighted by Crippen LogP contribution is -2.41. The maximum Gasteiger partial charge on any atom is 0.243 e. The van der Waals surface area contributed by atoms with Crippen LogP contribution in [0.5, 0.6) is 0 Å². The zero-order valence-corrected chi connectivity index (χ0v) is 11.6. The smallest absolute Gasteiger partial charge is 0.243 e. The van der Waals surface area contributed by atoms with Gasteiger partial charge in [0, 0.05) is 13.8 Å². The van der Waals surface area contributed by atoms with Gasteiger partial charge in [-0.15, -0.1) is 0 Å². The number of rotatable bonds is 0. The Morgan fingerprint density at radius 2 is 1.94 bits per heavy atom. The first-order valence-corrected chi connectivity index (χ1v) is 5.95.